The second-order valence-corrected chi connectivity index (χ2v) is 6.21. The van der Waals surface area contributed by atoms with Gasteiger partial charge in [0.2, 0.25) is 0 Å². The molecule has 2 rings (SSSR count). The van der Waals surface area contributed by atoms with Gasteiger partial charge in [0.25, 0.3) is 0 Å². The lowest BCUT2D eigenvalue weighted by molar-refractivity contribution is 0.00578. The summed E-state index contributed by atoms with van der Waals surface area (Å²) in [5.41, 5.74) is 0.848. The maximum Gasteiger partial charge on any atom is 0.495 e. The van der Waals surface area contributed by atoms with Crippen LogP contribution in [0, 0.1) is 0 Å². The Balaban J connectivity index is 2.29. The van der Waals surface area contributed by atoms with Gasteiger partial charge in [0.05, 0.1) is 17.4 Å². The second-order valence-electron chi connectivity index (χ2n) is 6.21. The van der Waals surface area contributed by atoms with E-state index >= 15 is 0 Å². The van der Waals surface area contributed by atoms with Crippen LogP contribution in [-0.4, -0.2) is 25.0 Å². The lowest BCUT2D eigenvalue weighted by atomic mass is 9.71. The van der Waals surface area contributed by atoms with Crippen molar-refractivity contribution in [2.75, 3.05) is 0 Å². The highest BCUT2D eigenvalue weighted by atomic mass is 19.1. The summed E-state index contributed by atoms with van der Waals surface area (Å²) in [6, 6.07) is 0. The Bertz CT molecular complexity index is 543. The third-order valence-electron chi connectivity index (χ3n) is 4.15. The number of hydrogen-bond donors (Lipinski definition) is 0. The molecule has 0 atom stereocenters. The van der Waals surface area contributed by atoms with Gasteiger partial charge in [-0.25, -0.2) is 4.39 Å². The topological polar surface area (TPSA) is 30.8 Å². The van der Waals surface area contributed by atoms with Crippen molar-refractivity contribution < 1.29 is 13.7 Å². The number of aliphatic imine (C=N–C) groups is 1. The molecule has 0 amide bonds. The molecular formula is C16H21BFNO2. The SMILES string of the molecule is C=N/C=C(F)\C=C1/CC=CC=C1B1OC(C)(C)C(C)(C)O1. The van der Waals surface area contributed by atoms with Crippen LogP contribution in [-0.2, 0) is 9.31 Å². The van der Waals surface area contributed by atoms with E-state index in [0.717, 1.165) is 17.2 Å². The predicted molar refractivity (Wildman–Crippen MR) is 84.7 cm³/mol. The van der Waals surface area contributed by atoms with Crippen LogP contribution in [0.5, 0.6) is 0 Å². The minimum absolute atomic E-state index is 0.415. The lowest BCUT2D eigenvalue weighted by Gasteiger charge is -2.32. The van der Waals surface area contributed by atoms with Crippen LogP contribution in [0.2, 0.25) is 0 Å². The molecular weight excluding hydrogens is 268 g/mol. The van der Waals surface area contributed by atoms with Crippen LogP contribution < -0.4 is 0 Å². The molecule has 1 saturated heterocycles. The summed E-state index contributed by atoms with van der Waals surface area (Å²) in [6.07, 6.45) is 8.99. The number of allylic oxidation sites excluding steroid dienone is 7. The zero-order valence-corrected chi connectivity index (χ0v) is 13.0. The third-order valence-corrected chi connectivity index (χ3v) is 4.15. The molecule has 0 aromatic rings. The Labute approximate surface area is 126 Å². The first-order chi connectivity index (χ1) is 9.77. The second kappa shape index (κ2) is 5.74. The van der Waals surface area contributed by atoms with Gasteiger partial charge >= 0.3 is 7.12 Å². The lowest BCUT2D eigenvalue weighted by Crippen LogP contribution is -2.41. The zero-order valence-electron chi connectivity index (χ0n) is 13.0. The molecule has 112 valence electrons. The normalized spacial score (nSPS) is 26.1. The molecule has 1 fully saturated rings. The molecule has 0 N–H and O–H groups in total. The molecule has 1 aliphatic carbocycles. The van der Waals surface area contributed by atoms with Crippen molar-refractivity contribution in [3.63, 3.8) is 0 Å². The van der Waals surface area contributed by atoms with E-state index in [4.69, 9.17) is 9.31 Å². The molecule has 0 aromatic carbocycles. The number of halogens is 1. The van der Waals surface area contributed by atoms with Gasteiger partial charge in [-0.3, -0.25) is 4.99 Å². The highest BCUT2D eigenvalue weighted by molar-refractivity contribution is 6.56. The standard InChI is InChI=1S/C16H21BFNO2/c1-15(2)16(3,4)21-17(20-15)14-9-7-6-8-12(14)10-13(18)11-19-5/h6-7,9-11H,5,8H2,1-4H3/b12-10+,13-11+. The predicted octanol–water partition coefficient (Wildman–Crippen LogP) is 3.94. The Morgan fingerprint density at radius 3 is 2.52 bits per heavy atom. The van der Waals surface area contributed by atoms with E-state index in [9.17, 15) is 4.39 Å². The van der Waals surface area contributed by atoms with Crippen molar-refractivity contribution in [1.82, 2.24) is 0 Å². The maximum atomic E-state index is 13.7. The smallest absolute Gasteiger partial charge is 0.399 e. The molecule has 3 nitrogen and oxygen atoms in total. The monoisotopic (exact) mass is 289 g/mol. The Morgan fingerprint density at radius 1 is 1.33 bits per heavy atom. The van der Waals surface area contributed by atoms with Crippen LogP contribution in [0.3, 0.4) is 0 Å². The van der Waals surface area contributed by atoms with E-state index in [2.05, 4.69) is 11.7 Å². The minimum Gasteiger partial charge on any atom is -0.399 e. The van der Waals surface area contributed by atoms with Crippen molar-refractivity contribution in [2.45, 2.75) is 45.3 Å². The highest BCUT2D eigenvalue weighted by Gasteiger charge is 2.52. The summed E-state index contributed by atoms with van der Waals surface area (Å²) in [7, 11) is -0.490. The summed E-state index contributed by atoms with van der Waals surface area (Å²) < 4.78 is 25.7. The zero-order chi connectivity index (χ0) is 15.7. The van der Waals surface area contributed by atoms with Gasteiger partial charge in [0.1, 0.15) is 5.83 Å². The van der Waals surface area contributed by atoms with E-state index in [1.54, 1.807) is 0 Å². The average molecular weight is 289 g/mol. The third kappa shape index (κ3) is 3.25. The highest BCUT2D eigenvalue weighted by Crippen LogP contribution is 2.40. The Hall–Kier alpha value is -1.46. The van der Waals surface area contributed by atoms with Crippen LogP contribution >= 0.6 is 0 Å². The number of hydrogen-bond acceptors (Lipinski definition) is 3. The quantitative estimate of drug-likeness (QED) is 0.582. The average Bonchev–Trinajstić information content (AvgIpc) is 2.59. The molecule has 0 spiro atoms. The van der Waals surface area contributed by atoms with Crippen molar-refractivity contribution in [3.8, 4) is 0 Å². The van der Waals surface area contributed by atoms with E-state index < -0.39 is 24.1 Å². The van der Waals surface area contributed by atoms with Gasteiger partial charge in [0.15, 0.2) is 0 Å². The van der Waals surface area contributed by atoms with Crippen molar-refractivity contribution in [3.05, 3.63) is 47.4 Å². The van der Waals surface area contributed by atoms with E-state index in [0.29, 0.717) is 6.42 Å². The van der Waals surface area contributed by atoms with Gasteiger partial charge in [0, 0.05) is 0 Å². The van der Waals surface area contributed by atoms with Gasteiger partial charge < -0.3 is 9.31 Å². The van der Waals surface area contributed by atoms with E-state index in [1.165, 1.54) is 6.08 Å². The molecule has 2 aliphatic rings. The first-order valence-corrected chi connectivity index (χ1v) is 7.01. The fourth-order valence-corrected chi connectivity index (χ4v) is 2.22. The Kier molecular flexibility index (Phi) is 4.35. The summed E-state index contributed by atoms with van der Waals surface area (Å²) >= 11 is 0. The molecule has 1 heterocycles. The van der Waals surface area contributed by atoms with Gasteiger partial charge in [-0.15, -0.1) is 0 Å². The number of nitrogens with zero attached hydrogens (tertiary/aromatic N) is 1. The summed E-state index contributed by atoms with van der Waals surface area (Å²) in [4.78, 5) is 3.44. The molecule has 5 heteroatoms. The van der Waals surface area contributed by atoms with Gasteiger partial charge in [-0.05, 0) is 58.0 Å². The van der Waals surface area contributed by atoms with Crippen LogP contribution in [0.4, 0.5) is 4.39 Å². The molecule has 0 unspecified atom stereocenters. The fourth-order valence-electron chi connectivity index (χ4n) is 2.22. The van der Waals surface area contributed by atoms with E-state index in [1.807, 2.05) is 45.9 Å². The van der Waals surface area contributed by atoms with Crippen LogP contribution in [0.15, 0.2) is 52.4 Å². The minimum atomic E-state index is -0.490. The fraction of sp³-hybridized carbons (Fsp3) is 0.438. The Morgan fingerprint density at radius 2 is 1.95 bits per heavy atom. The first kappa shape index (κ1) is 15.9. The van der Waals surface area contributed by atoms with Gasteiger partial charge in [-0.1, -0.05) is 18.2 Å². The molecule has 0 radical (unpaired) electrons. The first-order valence-electron chi connectivity index (χ1n) is 7.01. The van der Waals surface area contributed by atoms with E-state index in [-0.39, 0.29) is 0 Å². The molecule has 21 heavy (non-hydrogen) atoms. The van der Waals surface area contributed by atoms with Crippen molar-refractivity contribution >= 4 is 13.8 Å². The number of rotatable bonds is 3. The van der Waals surface area contributed by atoms with Crippen molar-refractivity contribution in [1.29, 1.82) is 0 Å². The molecule has 1 aliphatic heterocycles. The maximum absolute atomic E-state index is 13.7. The summed E-state index contributed by atoms with van der Waals surface area (Å²) in [5, 5.41) is 0. The summed E-state index contributed by atoms with van der Waals surface area (Å²) in [6.45, 7) is 11.2. The van der Waals surface area contributed by atoms with Gasteiger partial charge in [-0.2, -0.15) is 0 Å². The largest absolute Gasteiger partial charge is 0.495 e. The molecule has 0 aromatic heterocycles. The van der Waals surface area contributed by atoms with Crippen molar-refractivity contribution in [2.24, 2.45) is 4.99 Å². The molecule has 0 bridgehead atoms. The summed E-state index contributed by atoms with van der Waals surface area (Å²) in [5.74, 6) is -0.433. The molecule has 0 saturated carbocycles. The van der Waals surface area contributed by atoms with Crippen LogP contribution in [0.25, 0.3) is 0 Å². The van der Waals surface area contributed by atoms with Crippen LogP contribution in [0.1, 0.15) is 34.1 Å².